The predicted octanol–water partition coefficient (Wildman–Crippen LogP) is 4.32. The van der Waals surface area contributed by atoms with Crippen LogP contribution < -0.4 is 4.74 Å². The Hall–Kier alpha value is -1.80. The third kappa shape index (κ3) is 2.96. The van der Waals surface area contributed by atoms with Crippen LogP contribution in [-0.2, 0) is 5.41 Å². The number of aliphatic hydroxyl groups is 1. The molecule has 21 heavy (non-hydrogen) atoms. The fourth-order valence-electron chi connectivity index (χ4n) is 2.85. The molecule has 2 nitrogen and oxygen atoms in total. The molecule has 1 N–H and O–H groups in total. The number of hydrogen-bond donors (Lipinski definition) is 1. The molecule has 0 aliphatic carbocycles. The van der Waals surface area contributed by atoms with Gasteiger partial charge in [-0.1, -0.05) is 50.2 Å². The summed E-state index contributed by atoms with van der Waals surface area (Å²) >= 11 is 0. The monoisotopic (exact) mass is 284 g/mol. The highest BCUT2D eigenvalue weighted by Gasteiger charge is 2.33. The Morgan fingerprint density at radius 3 is 2.24 bits per heavy atom. The molecule has 0 bridgehead atoms. The molecule has 1 atom stereocenters. The summed E-state index contributed by atoms with van der Waals surface area (Å²) in [7, 11) is 1.65. The number of benzene rings is 2. The number of methoxy groups -OCH3 is 1. The molecule has 0 saturated heterocycles. The molecule has 2 aromatic carbocycles. The van der Waals surface area contributed by atoms with Gasteiger partial charge in [0.05, 0.1) is 13.2 Å². The number of hydrogen-bond acceptors (Lipinski definition) is 2. The largest absolute Gasteiger partial charge is 0.496 e. The van der Waals surface area contributed by atoms with Crippen LogP contribution in [-0.4, -0.2) is 12.2 Å². The molecule has 0 aliphatic rings. The van der Waals surface area contributed by atoms with E-state index in [1.165, 1.54) is 0 Å². The van der Waals surface area contributed by atoms with Crippen LogP contribution in [0.15, 0.2) is 42.5 Å². The van der Waals surface area contributed by atoms with Crippen molar-refractivity contribution in [1.29, 1.82) is 0 Å². The molecule has 2 heteroatoms. The van der Waals surface area contributed by atoms with Crippen LogP contribution in [0.25, 0.3) is 0 Å². The van der Waals surface area contributed by atoms with E-state index in [0.717, 1.165) is 28.0 Å². The Balaban J connectivity index is 2.52. The molecule has 0 heterocycles. The van der Waals surface area contributed by atoms with E-state index in [9.17, 15) is 5.11 Å². The maximum absolute atomic E-state index is 11.0. The van der Waals surface area contributed by atoms with E-state index in [1.54, 1.807) is 7.11 Å². The van der Waals surface area contributed by atoms with Crippen LogP contribution in [0.2, 0.25) is 0 Å². The van der Waals surface area contributed by atoms with Gasteiger partial charge in [-0.25, -0.2) is 0 Å². The molecule has 0 fully saturated rings. The highest BCUT2D eigenvalue weighted by molar-refractivity contribution is 5.46. The van der Waals surface area contributed by atoms with E-state index >= 15 is 0 Å². The Morgan fingerprint density at radius 1 is 1.05 bits per heavy atom. The lowest BCUT2D eigenvalue weighted by Gasteiger charge is -2.33. The van der Waals surface area contributed by atoms with Crippen molar-refractivity contribution in [2.75, 3.05) is 7.11 Å². The fraction of sp³-hybridized carbons (Fsp3) is 0.368. The first-order valence-corrected chi connectivity index (χ1v) is 7.26. The molecular weight excluding hydrogens is 260 g/mol. The van der Waals surface area contributed by atoms with Crippen LogP contribution in [0.5, 0.6) is 5.75 Å². The molecule has 2 rings (SSSR count). The third-order valence-corrected chi connectivity index (χ3v) is 4.19. The number of aliphatic hydroxyl groups excluding tert-OH is 1. The molecule has 0 aromatic heterocycles. The van der Waals surface area contributed by atoms with Gasteiger partial charge in [0.2, 0.25) is 0 Å². The summed E-state index contributed by atoms with van der Waals surface area (Å²) in [6, 6.07) is 14.2. The van der Waals surface area contributed by atoms with E-state index in [4.69, 9.17) is 4.74 Å². The maximum Gasteiger partial charge on any atom is 0.125 e. The van der Waals surface area contributed by atoms with Gasteiger partial charge in [0.1, 0.15) is 5.75 Å². The van der Waals surface area contributed by atoms with Crippen molar-refractivity contribution in [3.8, 4) is 5.75 Å². The van der Waals surface area contributed by atoms with Crippen LogP contribution in [0, 0.1) is 13.8 Å². The molecule has 2 aromatic rings. The van der Waals surface area contributed by atoms with Gasteiger partial charge in [-0.15, -0.1) is 0 Å². The van der Waals surface area contributed by atoms with Gasteiger partial charge in [-0.05, 0) is 36.6 Å². The summed E-state index contributed by atoms with van der Waals surface area (Å²) in [5.74, 6) is 0.754. The van der Waals surface area contributed by atoms with Crippen molar-refractivity contribution in [1.82, 2.24) is 0 Å². The molecule has 0 aliphatic heterocycles. The van der Waals surface area contributed by atoms with Crippen molar-refractivity contribution >= 4 is 0 Å². The first-order chi connectivity index (χ1) is 9.87. The third-order valence-electron chi connectivity index (χ3n) is 4.19. The topological polar surface area (TPSA) is 29.5 Å². The lowest BCUT2D eigenvalue weighted by atomic mass is 9.75. The molecule has 0 amide bonds. The van der Waals surface area contributed by atoms with Gasteiger partial charge in [0.25, 0.3) is 0 Å². The second kappa shape index (κ2) is 5.90. The van der Waals surface area contributed by atoms with E-state index in [-0.39, 0.29) is 0 Å². The van der Waals surface area contributed by atoms with Gasteiger partial charge in [-0.3, -0.25) is 0 Å². The lowest BCUT2D eigenvalue weighted by Crippen LogP contribution is -2.27. The fourth-order valence-corrected chi connectivity index (χ4v) is 2.85. The predicted molar refractivity (Wildman–Crippen MR) is 86.9 cm³/mol. The first kappa shape index (κ1) is 15.6. The summed E-state index contributed by atoms with van der Waals surface area (Å²) < 4.78 is 5.50. The second-order valence-electron chi connectivity index (χ2n) is 6.19. The van der Waals surface area contributed by atoms with Crippen molar-refractivity contribution in [3.05, 3.63) is 64.7 Å². The molecule has 112 valence electrons. The average molecular weight is 284 g/mol. The smallest absolute Gasteiger partial charge is 0.125 e. The average Bonchev–Trinajstić information content (AvgIpc) is 2.46. The SMILES string of the molecule is COc1cc(C)cc(C)c1C(O)C(C)(C)c1ccccc1. The minimum atomic E-state index is -0.629. The first-order valence-electron chi connectivity index (χ1n) is 7.26. The van der Waals surface area contributed by atoms with E-state index in [1.807, 2.05) is 38.1 Å². The summed E-state index contributed by atoms with van der Waals surface area (Å²) in [6.07, 6.45) is -0.629. The van der Waals surface area contributed by atoms with Crippen LogP contribution in [0.1, 0.15) is 42.2 Å². The zero-order valence-electron chi connectivity index (χ0n) is 13.5. The molecule has 0 spiro atoms. The Bertz CT molecular complexity index is 615. The summed E-state index contributed by atoms with van der Waals surface area (Å²) in [5.41, 5.74) is 3.78. The van der Waals surface area contributed by atoms with Crippen molar-refractivity contribution in [3.63, 3.8) is 0 Å². The van der Waals surface area contributed by atoms with Gasteiger partial charge < -0.3 is 9.84 Å². The zero-order chi connectivity index (χ0) is 15.6. The van der Waals surface area contributed by atoms with Crippen molar-refractivity contribution in [2.45, 2.75) is 39.2 Å². The summed E-state index contributed by atoms with van der Waals surface area (Å²) in [4.78, 5) is 0. The highest BCUT2D eigenvalue weighted by Crippen LogP contribution is 2.42. The summed E-state index contributed by atoms with van der Waals surface area (Å²) in [6.45, 7) is 8.18. The van der Waals surface area contributed by atoms with Gasteiger partial charge >= 0.3 is 0 Å². The second-order valence-corrected chi connectivity index (χ2v) is 6.19. The molecule has 1 unspecified atom stereocenters. The van der Waals surface area contributed by atoms with E-state index in [0.29, 0.717) is 0 Å². The van der Waals surface area contributed by atoms with Gasteiger partial charge in [0, 0.05) is 11.0 Å². The molecule has 0 saturated carbocycles. The van der Waals surface area contributed by atoms with Gasteiger partial charge in [0.15, 0.2) is 0 Å². The number of rotatable bonds is 4. The minimum absolute atomic E-state index is 0.394. The Labute approximate surface area is 127 Å². The quantitative estimate of drug-likeness (QED) is 0.906. The summed E-state index contributed by atoms with van der Waals surface area (Å²) in [5, 5.41) is 11.0. The highest BCUT2D eigenvalue weighted by atomic mass is 16.5. The van der Waals surface area contributed by atoms with Crippen molar-refractivity contribution < 1.29 is 9.84 Å². The standard InChI is InChI=1S/C19H24O2/c1-13-11-14(2)17(16(12-13)21-5)18(20)19(3,4)15-9-7-6-8-10-15/h6-12,18,20H,1-5H3. The lowest BCUT2D eigenvalue weighted by molar-refractivity contribution is 0.0968. The van der Waals surface area contributed by atoms with E-state index < -0.39 is 11.5 Å². The number of aryl methyl sites for hydroxylation is 2. The van der Waals surface area contributed by atoms with Crippen molar-refractivity contribution in [2.24, 2.45) is 0 Å². The molecule has 0 radical (unpaired) electrons. The van der Waals surface area contributed by atoms with Gasteiger partial charge in [-0.2, -0.15) is 0 Å². The zero-order valence-corrected chi connectivity index (χ0v) is 13.5. The van der Waals surface area contributed by atoms with Crippen LogP contribution in [0.3, 0.4) is 0 Å². The molecular formula is C19H24O2. The normalized spacial score (nSPS) is 13.0. The maximum atomic E-state index is 11.0. The van der Waals surface area contributed by atoms with E-state index in [2.05, 4.69) is 32.0 Å². The number of ether oxygens (including phenoxy) is 1. The Kier molecular flexibility index (Phi) is 4.38. The van der Waals surface area contributed by atoms with Crippen LogP contribution >= 0.6 is 0 Å². The van der Waals surface area contributed by atoms with Crippen LogP contribution in [0.4, 0.5) is 0 Å². The minimum Gasteiger partial charge on any atom is -0.496 e. The Morgan fingerprint density at radius 2 is 1.67 bits per heavy atom.